The zero-order valence-electron chi connectivity index (χ0n) is 13.0. The molecule has 0 aliphatic heterocycles. The first-order chi connectivity index (χ1) is 11.6. The Morgan fingerprint density at radius 1 is 1.33 bits per heavy atom. The SMILES string of the molecule is C=CCOc1c(Br)cc(-c2nc3ccccc3c(=O)[nH]2)cc1OC. The van der Waals surface area contributed by atoms with Gasteiger partial charge in [-0.15, -0.1) is 0 Å². The molecule has 0 aliphatic carbocycles. The molecule has 3 rings (SSSR count). The molecular formula is C18H15BrN2O3. The Labute approximate surface area is 147 Å². The number of benzene rings is 2. The molecule has 0 radical (unpaired) electrons. The van der Waals surface area contributed by atoms with E-state index in [4.69, 9.17) is 9.47 Å². The van der Waals surface area contributed by atoms with Gasteiger partial charge in [-0.2, -0.15) is 0 Å². The number of nitrogens with zero attached hydrogens (tertiary/aromatic N) is 1. The number of fused-ring (bicyclic) bond motifs is 1. The van der Waals surface area contributed by atoms with Crippen LogP contribution in [0.5, 0.6) is 11.5 Å². The minimum atomic E-state index is -0.183. The lowest BCUT2D eigenvalue weighted by Crippen LogP contribution is -2.09. The molecule has 122 valence electrons. The van der Waals surface area contributed by atoms with Gasteiger partial charge < -0.3 is 14.5 Å². The van der Waals surface area contributed by atoms with Crippen molar-refractivity contribution in [2.45, 2.75) is 0 Å². The van der Waals surface area contributed by atoms with Gasteiger partial charge in [0.2, 0.25) is 0 Å². The topological polar surface area (TPSA) is 64.2 Å². The number of hydrogen-bond donors (Lipinski definition) is 1. The van der Waals surface area contributed by atoms with Crippen molar-refractivity contribution in [1.29, 1.82) is 0 Å². The fourth-order valence-electron chi connectivity index (χ4n) is 2.36. The Hall–Kier alpha value is -2.60. The third-order valence-electron chi connectivity index (χ3n) is 3.46. The van der Waals surface area contributed by atoms with Gasteiger partial charge in [-0.1, -0.05) is 24.8 Å². The fraction of sp³-hybridized carbons (Fsp3) is 0.111. The first kappa shape index (κ1) is 16.3. The lowest BCUT2D eigenvalue weighted by Gasteiger charge is -2.13. The maximum atomic E-state index is 12.2. The van der Waals surface area contributed by atoms with Crippen LogP contribution in [-0.2, 0) is 0 Å². The normalized spacial score (nSPS) is 10.6. The monoisotopic (exact) mass is 386 g/mol. The summed E-state index contributed by atoms with van der Waals surface area (Å²) < 4.78 is 11.7. The highest BCUT2D eigenvalue weighted by Gasteiger charge is 2.14. The fourth-order valence-corrected chi connectivity index (χ4v) is 2.92. The van der Waals surface area contributed by atoms with Gasteiger partial charge in [0.05, 0.1) is 22.5 Å². The summed E-state index contributed by atoms with van der Waals surface area (Å²) in [6, 6.07) is 10.8. The Morgan fingerprint density at radius 2 is 2.12 bits per heavy atom. The zero-order valence-corrected chi connectivity index (χ0v) is 14.6. The Balaban J connectivity index is 2.14. The van der Waals surface area contributed by atoms with E-state index in [1.54, 1.807) is 25.3 Å². The van der Waals surface area contributed by atoms with E-state index in [2.05, 4.69) is 32.5 Å². The second kappa shape index (κ2) is 6.88. The van der Waals surface area contributed by atoms with Crippen LogP contribution in [0.25, 0.3) is 22.3 Å². The minimum Gasteiger partial charge on any atom is -0.493 e. The predicted octanol–water partition coefficient (Wildman–Crippen LogP) is 3.93. The average Bonchev–Trinajstić information content (AvgIpc) is 2.60. The maximum absolute atomic E-state index is 12.2. The largest absolute Gasteiger partial charge is 0.493 e. The van der Waals surface area contributed by atoms with E-state index in [1.807, 2.05) is 24.3 Å². The number of aromatic nitrogens is 2. The van der Waals surface area contributed by atoms with Crippen LogP contribution in [0, 0.1) is 0 Å². The quantitative estimate of drug-likeness (QED) is 0.674. The van der Waals surface area contributed by atoms with Gasteiger partial charge in [-0.3, -0.25) is 4.79 Å². The van der Waals surface area contributed by atoms with Crippen LogP contribution in [0.1, 0.15) is 0 Å². The van der Waals surface area contributed by atoms with Crippen LogP contribution in [0.2, 0.25) is 0 Å². The molecule has 24 heavy (non-hydrogen) atoms. The van der Waals surface area contributed by atoms with E-state index in [9.17, 15) is 4.79 Å². The Morgan fingerprint density at radius 3 is 2.88 bits per heavy atom. The number of ether oxygens (including phenoxy) is 2. The van der Waals surface area contributed by atoms with Gasteiger partial charge in [-0.25, -0.2) is 4.98 Å². The van der Waals surface area contributed by atoms with Gasteiger partial charge in [0, 0.05) is 5.56 Å². The lowest BCUT2D eigenvalue weighted by molar-refractivity contribution is 0.324. The van der Waals surface area contributed by atoms with Crippen LogP contribution in [0.15, 0.2) is 58.3 Å². The van der Waals surface area contributed by atoms with E-state index in [1.165, 1.54) is 0 Å². The third-order valence-corrected chi connectivity index (χ3v) is 4.05. The van der Waals surface area contributed by atoms with Crippen molar-refractivity contribution >= 4 is 26.8 Å². The highest BCUT2D eigenvalue weighted by Crippen LogP contribution is 2.39. The number of methoxy groups -OCH3 is 1. The minimum absolute atomic E-state index is 0.183. The summed E-state index contributed by atoms with van der Waals surface area (Å²) in [7, 11) is 1.56. The average molecular weight is 387 g/mol. The number of H-pyrrole nitrogens is 1. The van der Waals surface area contributed by atoms with Crippen LogP contribution < -0.4 is 15.0 Å². The number of para-hydroxylation sites is 1. The van der Waals surface area contributed by atoms with Gasteiger partial charge in [0.1, 0.15) is 12.4 Å². The van der Waals surface area contributed by atoms with Gasteiger partial charge >= 0.3 is 0 Å². The highest BCUT2D eigenvalue weighted by molar-refractivity contribution is 9.10. The van der Waals surface area contributed by atoms with Crippen molar-refractivity contribution < 1.29 is 9.47 Å². The molecule has 1 N–H and O–H groups in total. The smallest absolute Gasteiger partial charge is 0.259 e. The van der Waals surface area contributed by atoms with E-state index in [0.717, 1.165) is 0 Å². The van der Waals surface area contributed by atoms with Crippen LogP contribution in [0.4, 0.5) is 0 Å². The van der Waals surface area contributed by atoms with Crippen molar-refractivity contribution in [3.8, 4) is 22.9 Å². The number of halogens is 1. The van der Waals surface area contributed by atoms with E-state index < -0.39 is 0 Å². The molecule has 5 nitrogen and oxygen atoms in total. The van der Waals surface area contributed by atoms with Crippen molar-refractivity contribution in [3.05, 3.63) is 63.9 Å². The summed E-state index contributed by atoms with van der Waals surface area (Å²) in [5, 5.41) is 0.554. The van der Waals surface area contributed by atoms with Crippen molar-refractivity contribution in [1.82, 2.24) is 9.97 Å². The molecule has 0 amide bonds. The van der Waals surface area contributed by atoms with Crippen LogP contribution >= 0.6 is 15.9 Å². The number of hydrogen-bond acceptors (Lipinski definition) is 4. The summed E-state index contributed by atoms with van der Waals surface area (Å²) in [5.74, 6) is 1.58. The molecule has 6 heteroatoms. The van der Waals surface area contributed by atoms with Gasteiger partial charge in [0.15, 0.2) is 11.5 Å². The number of aromatic amines is 1. The molecule has 0 fully saturated rings. The zero-order chi connectivity index (χ0) is 17.1. The molecule has 0 aliphatic rings. The maximum Gasteiger partial charge on any atom is 0.259 e. The highest BCUT2D eigenvalue weighted by atomic mass is 79.9. The molecule has 2 aromatic carbocycles. The number of rotatable bonds is 5. The molecule has 0 atom stereocenters. The van der Waals surface area contributed by atoms with E-state index in [0.29, 0.717) is 44.9 Å². The first-order valence-electron chi connectivity index (χ1n) is 7.24. The Bertz CT molecular complexity index is 966. The molecule has 3 aromatic rings. The molecule has 0 saturated heterocycles. The molecule has 0 spiro atoms. The molecule has 1 aromatic heterocycles. The van der Waals surface area contributed by atoms with Crippen molar-refractivity contribution in [2.24, 2.45) is 0 Å². The third kappa shape index (κ3) is 3.05. The first-order valence-corrected chi connectivity index (χ1v) is 8.04. The summed E-state index contributed by atoms with van der Waals surface area (Å²) in [5.41, 5.74) is 1.17. The summed E-state index contributed by atoms with van der Waals surface area (Å²) in [6.45, 7) is 3.99. The lowest BCUT2D eigenvalue weighted by atomic mass is 10.1. The molecular weight excluding hydrogens is 372 g/mol. The summed E-state index contributed by atoms with van der Waals surface area (Å²) in [6.07, 6.45) is 1.65. The predicted molar refractivity (Wildman–Crippen MR) is 97.7 cm³/mol. The summed E-state index contributed by atoms with van der Waals surface area (Å²) >= 11 is 3.48. The molecule has 1 heterocycles. The van der Waals surface area contributed by atoms with Gasteiger partial charge in [0.25, 0.3) is 5.56 Å². The standard InChI is InChI=1S/C18H15BrN2O3/c1-3-8-24-16-13(19)9-11(10-15(16)23-2)17-20-14-7-5-4-6-12(14)18(22)21-17/h3-7,9-10H,1,8H2,2H3,(H,20,21,22). The molecule has 0 saturated carbocycles. The second-order valence-corrected chi connectivity index (χ2v) is 5.88. The van der Waals surface area contributed by atoms with E-state index in [-0.39, 0.29) is 5.56 Å². The van der Waals surface area contributed by atoms with E-state index >= 15 is 0 Å². The number of nitrogens with one attached hydrogen (secondary N) is 1. The van der Waals surface area contributed by atoms with Crippen molar-refractivity contribution in [2.75, 3.05) is 13.7 Å². The molecule has 0 unspecified atom stereocenters. The second-order valence-electron chi connectivity index (χ2n) is 5.02. The van der Waals surface area contributed by atoms with Crippen LogP contribution in [-0.4, -0.2) is 23.7 Å². The molecule has 0 bridgehead atoms. The van der Waals surface area contributed by atoms with Gasteiger partial charge in [-0.05, 0) is 40.2 Å². The van der Waals surface area contributed by atoms with Crippen molar-refractivity contribution in [3.63, 3.8) is 0 Å². The van der Waals surface area contributed by atoms with Crippen LogP contribution in [0.3, 0.4) is 0 Å². The summed E-state index contributed by atoms with van der Waals surface area (Å²) in [4.78, 5) is 19.6. The Kier molecular flexibility index (Phi) is 4.66.